The van der Waals surface area contributed by atoms with Crippen LogP contribution in [-0.4, -0.2) is 101 Å². The molecule has 214 valence electrons. The smallest absolute Gasteiger partial charge is 0.329 e. The fourth-order valence-corrected chi connectivity index (χ4v) is 3.25. The predicted octanol–water partition coefficient (Wildman–Crippen LogP) is 1.38. The van der Waals surface area contributed by atoms with Gasteiger partial charge in [0.1, 0.15) is 6.04 Å². The van der Waals surface area contributed by atoms with Crippen LogP contribution in [0.25, 0.3) is 10.4 Å². The molecular formula is C24H34N6O9. The lowest BCUT2D eigenvalue weighted by atomic mass is 10.0. The van der Waals surface area contributed by atoms with Crippen molar-refractivity contribution in [1.82, 2.24) is 10.2 Å². The summed E-state index contributed by atoms with van der Waals surface area (Å²) in [5.41, 5.74) is 9.37. The second kappa shape index (κ2) is 18.5. The highest BCUT2D eigenvalue weighted by Crippen LogP contribution is 2.22. The van der Waals surface area contributed by atoms with Gasteiger partial charge in [-0.15, -0.1) is 0 Å². The third kappa shape index (κ3) is 12.1. The van der Waals surface area contributed by atoms with Crippen LogP contribution in [0.2, 0.25) is 0 Å². The molecule has 0 bridgehead atoms. The Bertz CT molecular complexity index is 985. The lowest BCUT2D eigenvalue weighted by Gasteiger charge is -2.36. The minimum atomic E-state index is -0.909. The van der Waals surface area contributed by atoms with Crippen LogP contribution in [0.4, 0.5) is 10.5 Å². The number of rotatable bonds is 19. The highest BCUT2D eigenvalue weighted by molar-refractivity contribution is 6.09. The van der Waals surface area contributed by atoms with Gasteiger partial charge < -0.3 is 34.3 Å². The number of likely N-dealkylation sites (tertiary alicyclic amines) is 1. The monoisotopic (exact) mass is 550 g/mol. The molecule has 1 atom stereocenters. The van der Waals surface area contributed by atoms with E-state index >= 15 is 0 Å². The average Bonchev–Trinajstić information content (AvgIpc) is 2.92. The Morgan fingerprint density at radius 1 is 0.974 bits per heavy atom. The van der Waals surface area contributed by atoms with Gasteiger partial charge in [0.15, 0.2) is 0 Å². The summed E-state index contributed by atoms with van der Waals surface area (Å²) in [6, 6.07) is 5.10. The molecule has 1 aromatic rings. The molecule has 1 aliphatic rings. The summed E-state index contributed by atoms with van der Waals surface area (Å²) in [5.74, 6) is -1.27. The Morgan fingerprint density at radius 2 is 1.56 bits per heavy atom. The number of urea groups is 1. The maximum atomic E-state index is 12.3. The number of carbonyl (C=O) groups excluding carboxylic acids is 4. The van der Waals surface area contributed by atoms with E-state index in [0.29, 0.717) is 65.0 Å². The molecule has 1 aliphatic heterocycles. The van der Waals surface area contributed by atoms with Crippen molar-refractivity contribution in [2.24, 2.45) is 5.11 Å². The molecule has 15 heteroatoms. The van der Waals surface area contributed by atoms with Gasteiger partial charge in [0, 0.05) is 30.1 Å². The molecule has 15 nitrogen and oxygen atoms in total. The number of anilines is 1. The highest BCUT2D eigenvalue weighted by atomic mass is 16.6. The second-order valence-corrected chi connectivity index (χ2v) is 8.06. The van der Waals surface area contributed by atoms with Crippen molar-refractivity contribution < 1.29 is 42.9 Å². The number of nitrogens with zero attached hydrogens (tertiary/aromatic N) is 4. The molecule has 2 rings (SSSR count). The van der Waals surface area contributed by atoms with Crippen molar-refractivity contribution >= 4 is 29.5 Å². The number of methoxy groups -OCH3 is 1. The molecule has 39 heavy (non-hydrogen) atoms. The second-order valence-electron chi connectivity index (χ2n) is 8.06. The molecule has 1 fully saturated rings. The molecule has 1 aromatic carbocycles. The van der Waals surface area contributed by atoms with Crippen LogP contribution in [0.3, 0.4) is 0 Å². The van der Waals surface area contributed by atoms with Crippen LogP contribution in [0.1, 0.15) is 18.4 Å². The van der Waals surface area contributed by atoms with Crippen molar-refractivity contribution in [2.45, 2.75) is 25.4 Å². The lowest BCUT2D eigenvalue weighted by molar-refractivity contribution is -0.159. The van der Waals surface area contributed by atoms with Crippen LogP contribution in [0.15, 0.2) is 29.4 Å². The zero-order valence-corrected chi connectivity index (χ0v) is 21.8. The summed E-state index contributed by atoms with van der Waals surface area (Å²) >= 11 is 0. The Labute approximate surface area is 225 Å². The summed E-state index contributed by atoms with van der Waals surface area (Å²) in [6.07, 6.45) is 0.135. The summed E-state index contributed by atoms with van der Waals surface area (Å²) < 4.78 is 25.9. The Hall–Kier alpha value is -3.75. The first-order valence-electron chi connectivity index (χ1n) is 12.3. The maximum Gasteiger partial charge on any atom is 0.329 e. The fraction of sp³-hybridized carbons (Fsp3) is 0.583. The summed E-state index contributed by atoms with van der Waals surface area (Å²) in [6.45, 7) is 3.61. The van der Waals surface area contributed by atoms with E-state index in [1.165, 1.54) is 7.11 Å². The van der Waals surface area contributed by atoms with Crippen LogP contribution in [-0.2, 0) is 44.6 Å². The minimum absolute atomic E-state index is 0.0614. The van der Waals surface area contributed by atoms with E-state index in [2.05, 4.69) is 25.4 Å². The molecule has 0 saturated carbocycles. The quantitative estimate of drug-likeness (QED) is 0.0639. The van der Waals surface area contributed by atoms with Gasteiger partial charge in [0.25, 0.3) is 0 Å². The van der Waals surface area contributed by atoms with Crippen molar-refractivity contribution in [1.29, 1.82) is 0 Å². The van der Waals surface area contributed by atoms with E-state index < -0.39 is 23.9 Å². The topological polar surface area (TPSA) is 190 Å². The third-order valence-electron chi connectivity index (χ3n) is 5.32. The van der Waals surface area contributed by atoms with E-state index in [1.807, 2.05) is 0 Å². The molecule has 4 amide bonds. The number of azide groups is 1. The Morgan fingerprint density at radius 3 is 2.13 bits per heavy atom. The maximum absolute atomic E-state index is 12.3. The molecule has 2 N–H and O–H groups in total. The van der Waals surface area contributed by atoms with Crippen molar-refractivity contribution in [2.75, 3.05) is 71.8 Å². The molecule has 0 radical (unpaired) electrons. The summed E-state index contributed by atoms with van der Waals surface area (Å²) in [7, 11) is 1.20. The Kier molecular flexibility index (Phi) is 14.9. The number of hydrogen-bond acceptors (Lipinski definition) is 10. The number of esters is 1. The predicted molar refractivity (Wildman–Crippen MR) is 136 cm³/mol. The molecule has 0 unspecified atom stereocenters. The van der Waals surface area contributed by atoms with Gasteiger partial charge in [0.05, 0.1) is 66.4 Å². The van der Waals surface area contributed by atoms with Gasteiger partial charge in [0.2, 0.25) is 11.8 Å². The molecule has 0 aromatic heterocycles. The molecular weight excluding hydrogens is 516 g/mol. The number of imide groups is 1. The van der Waals surface area contributed by atoms with Crippen LogP contribution >= 0.6 is 0 Å². The number of β-lactam (4-membered cyclic amide) rings is 1. The first-order valence-corrected chi connectivity index (χ1v) is 12.3. The first-order chi connectivity index (χ1) is 19.0. The van der Waals surface area contributed by atoms with Gasteiger partial charge >= 0.3 is 12.0 Å². The number of benzene rings is 1. The van der Waals surface area contributed by atoms with Crippen LogP contribution < -0.4 is 10.6 Å². The zero-order valence-electron chi connectivity index (χ0n) is 21.8. The third-order valence-corrected chi connectivity index (χ3v) is 5.32. The molecule has 0 aliphatic carbocycles. The van der Waals surface area contributed by atoms with Gasteiger partial charge in [-0.1, -0.05) is 17.2 Å². The van der Waals surface area contributed by atoms with Crippen LogP contribution in [0.5, 0.6) is 0 Å². The fourth-order valence-electron chi connectivity index (χ4n) is 3.25. The van der Waals surface area contributed by atoms with E-state index in [1.54, 1.807) is 24.3 Å². The van der Waals surface area contributed by atoms with E-state index in [-0.39, 0.29) is 25.4 Å². The standard InChI is InChI=1S/C24H34N6O9/c1-35-23(33)20-16-22(32)30(20)24(34)28-19-4-2-18(3-5-19)17-26-21(31)6-8-36-10-12-38-14-15-39-13-11-37-9-7-27-29-25/h2-5,20H,6-17H2,1H3,(H,26,31)(H,28,34)/t20-/m0/s1. The van der Waals surface area contributed by atoms with Gasteiger partial charge in [-0.25, -0.2) is 14.5 Å². The van der Waals surface area contributed by atoms with E-state index in [4.69, 9.17) is 24.5 Å². The molecule has 0 spiro atoms. The van der Waals surface area contributed by atoms with E-state index in [9.17, 15) is 19.2 Å². The number of nitrogens with one attached hydrogen (secondary N) is 2. The summed E-state index contributed by atoms with van der Waals surface area (Å²) in [5, 5.41) is 8.70. The summed E-state index contributed by atoms with van der Waals surface area (Å²) in [4.78, 5) is 51.1. The first kappa shape index (κ1) is 31.5. The lowest BCUT2D eigenvalue weighted by Crippen LogP contribution is -2.60. The highest BCUT2D eigenvalue weighted by Gasteiger charge is 2.46. The average molecular weight is 551 g/mol. The minimum Gasteiger partial charge on any atom is -0.467 e. The van der Waals surface area contributed by atoms with Crippen molar-refractivity contribution in [3.05, 3.63) is 40.3 Å². The number of carbonyl (C=O) groups is 4. The number of amides is 4. The van der Waals surface area contributed by atoms with Gasteiger partial charge in [-0.05, 0) is 23.2 Å². The molecule has 1 saturated heterocycles. The van der Waals surface area contributed by atoms with Crippen molar-refractivity contribution in [3.63, 3.8) is 0 Å². The number of ether oxygens (including phenoxy) is 5. The SMILES string of the molecule is COC(=O)[C@@H]1CC(=O)N1C(=O)Nc1ccc(CNC(=O)CCOCCOCCOCCOCCN=[N+]=[N-])cc1. The normalized spacial score (nSPS) is 14.2. The van der Waals surface area contributed by atoms with Gasteiger partial charge in [-0.3, -0.25) is 9.59 Å². The zero-order chi connectivity index (χ0) is 28.3. The largest absolute Gasteiger partial charge is 0.467 e. The van der Waals surface area contributed by atoms with Gasteiger partial charge in [-0.2, -0.15) is 0 Å². The van der Waals surface area contributed by atoms with Crippen molar-refractivity contribution in [3.8, 4) is 0 Å². The van der Waals surface area contributed by atoms with E-state index in [0.717, 1.165) is 10.5 Å². The molecule has 1 heterocycles. The Balaban J connectivity index is 1.48. The van der Waals surface area contributed by atoms with Crippen LogP contribution in [0, 0.1) is 0 Å². The number of hydrogen-bond donors (Lipinski definition) is 2.